The second-order valence-corrected chi connectivity index (χ2v) is 9.87. The summed E-state index contributed by atoms with van der Waals surface area (Å²) < 4.78 is 16.4. The van der Waals surface area contributed by atoms with Gasteiger partial charge >= 0.3 is 0 Å². The number of nitrogens with zero attached hydrogens (tertiary/aromatic N) is 3. The van der Waals surface area contributed by atoms with Gasteiger partial charge in [-0.2, -0.15) is 0 Å². The van der Waals surface area contributed by atoms with Crippen molar-refractivity contribution >= 4 is 11.6 Å². The molecular formula is C29H36N4O4. The molecule has 2 aliphatic rings. The number of benzene rings is 2. The van der Waals surface area contributed by atoms with Crippen LogP contribution < -0.4 is 19.7 Å². The van der Waals surface area contributed by atoms with Gasteiger partial charge in [0.1, 0.15) is 11.5 Å². The first kappa shape index (κ1) is 25.1. The zero-order valence-corrected chi connectivity index (χ0v) is 21.7. The van der Waals surface area contributed by atoms with Gasteiger partial charge in [0.05, 0.1) is 25.6 Å². The maximum atomic E-state index is 13.3. The summed E-state index contributed by atoms with van der Waals surface area (Å²) in [6.07, 6.45) is 2.39. The summed E-state index contributed by atoms with van der Waals surface area (Å²) in [6, 6.07) is 17.9. The second-order valence-electron chi connectivity index (χ2n) is 9.87. The van der Waals surface area contributed by atoms with Gasteiger partial charge in [0.15, 0.2) is 5.76 Å². The van der Waals surface area contributed by atoms with Crippen molar-refractivity contribution in [2.24, 2.45) is 11.8 Å². The van der Waals surface area contributed by atoms with Crippen LogP contribution in [0.25, 0.3) is 11.3 Å². The van der Waals surface area contributed by atoms with E-state index in [-0.39, 0.29) is 5.91 Å². The molecule has 0 spiro atoms. The molecule has 8 nitrogen and oxygen atoms in total. The molecule has 196 valence electrons. The molecule has 2 fully saturated rings. The van der Waals surface area contributed by atoms with E-state index in [1.54, 1.807) is 14.2 Å². The molecule has 1 aromatic heterocycles. The number of carbonyl (C=O) groups excluding carboxylic acids is 1. The number of hydrogen-bond donors (Lipinski definition) is 1. The fraction of sp³-hybridized carbons (Fsp3) is 0.448. The molecule has 1 N–H and O–H groups in total. The van der Waals surface area contributed by atoms with Crippen molar-refractivity contribution in [1.82, 2.24) is 15.4 Å². The van der Waals surface area contributed by atoms with Crippen LogP contribution in [0.5, 0.6) is 11.5 Å². The third-order valence-corrected chi connectivity index (χ3v) is 7.66. The van der Waals surface area contributed by atoms with Crippen LogP contribution in [0.4, 0.5) is 5.69 Å². The largest absolute Gasteiger partial charge is 0.497 e. The van der Waals surface area contributed by atoms with E-state index in [2.05, 4.69) is 21.4 Å². The number of carbonyl (C=O) groups is 1. The van der Waals surface area contributed by atoms with Crippen molar-refractivity contribution in [3.8, 4) is 22.8 Å². The molecular weight excluding hydrogens is 468 g/mol. The number of amides is 1. The Morgan fingerprint density at radius 3 is 2.57 bits per heavy atom. The van der Waals surface area contributed by atoms with Crippen LogP contribution >= 0.6 is 0 Å². The number of aromatic nitrogens is 1. The summed E-state index contributed by atoms with van der Waals surface area (Å²) in [6.45, 7) is 4.95. The highest BCUT2D eigenvalue weighted by atomic mass is 16.5. The van der Waals surface area contributed by atoms with E-state index in [0.717, 1.165) is 86.3 Å². The Labute approximate surface area is 218 Å². The van der Waals surface area contributed by atoms with Gasteiger partial charge in [0, 0.05) is 44.2 Å². The summed E-state index contributed by atoms with van der Waals surface area (Å²) in [7, 11) is 3.36. The van der Waals surface area contributed by atoms with Crippen LogP contribution in [0.15, 0.2) is 59.1 Å². The minimum absolute atomic E-state index is 0.260. The maximum absolute atomic E-state index is 13.3. The number of nitrogens with one attached hydrogen (secondary N) is 1. The molecule has 0 radical (unpaired) electrons. The fourth-order valence-electron chi connectivity index (χ4n) is 5.49. The molecule has 37 heavy (non-hydrogen) atoms. The van der Waals surface area contributed by atoms with Crippen LogP contribution in [-0.4, -0.2) is 69.5 Å². The van der Waals surface area contributed by atoms with Crippen LogP contribution in [0.3, 0.4) is 0 Å². The lowest BCUT2D eigenvalue weighted by Gasteiger charge is -2.38. The van der Waals surface area contributed by atoms with Gasteiger partial charge in [0.25, 0.3) is 0 Å². The predicted molar refractivity (Wildman–Crippen MR) is 143 cm³/mol. The third-order valence-electron chi connectivity index (χ3n) is 7.66. The number of para-hydroxylation sites is 2. The van der Waals surface area contributed by atoms with Crippen LogP contribution in [-0.2, 0) is 11.2 Å². The molecule has 0 unspecified atom stereocenters. The molecule has 5 rings (SSSR count). The van der Waals surface area contributed by atoms with Gasteiger partial charge in [0.2, 0.25) is 5.91 Å². The monoisotopic (exact) mass is 504 g/mol. The molecule has 2 aromatic carbocycles. The van der Waals surface area contributed by atoms with E-state index < -0.39 is 0 Å². The summed E-state index contributed by atoms with van der Waals surface area (Å²) in [5.74, 6) is 3.38. The smallest absolute Gasteiger partial charge is 0.222 e. The van der Waals surface area contributed by atoms with Crippen molar-refractivity contribution in [3.05, 3.63) is 60.3 Å². The molecule has 2 aliphatic heterocycles. The highest BCUT2D eigenvalue weighted by Crippen LogP contribution is 2.31. The molecule has 8 heteroatoms. The van der Waals surface area contributed by atoms with Gasteiger partial charge in [-0.15, -0.1) is 0 Å². The topological polar surface area (TPSA) is 80.1 Å². The molecule has 0 saturated carbocycles. The number of ether oxygens (including phenoxy) is 2. The Hall–Kier alpha value is -3.52. The van der Waals surface area contributed by atoms with Crippen molar-refractivity contribution in [1.29, 1.82) is 0 Å². The average molecular weight is 505 g/mol. The molecule has 1 amide bonds. The highest BCUT2D eigenvalue weighted by Gasteiger charge is 2.31. The van der Waals surface area contributed by atoms with Gasteiger partial charge in [-0.3, -0.25) is 4.79 Å². The molecule has 0 aliphatic carbocycles. The predicted octanol–water partition coefficient (Wildman–Crippen LogP) is 3.87. The summed E-state index contributed by atoms with van der Waals surface area (Å²) in [5.41, 5.74) is 3.00. The molecule has 3 heterocycles. The summed E-state index contributed by atoms with van der Waals surface area (Å²) in [5, 5.41) is 7.85. The van der Waals surface area contributed by atoms with Crippen molar-refractivity contribution in [2.45, 2.75) is 19.3 Å². The molecule has 3 aromatic rings. The zero-order chi connectivity index (χ0) is 25.6. The summed E-state index contributed by atoms with van der Waals surface area (Å²) in [4.78, 5) is 17.6. The Morgan fingerprint density at radius 2 is 1.81 bits per heavy atom. The summed E-state index contributed by atoms with van der Waals surface area (Å²) >= 11 is 0. The Kier molecular flexibility index (Phi) is 7.94. The highest BCUT2D eigenvalue weighted by molar-refractivity contribution is 5.77. The van der Waals surface area contributed by atoms with Crippen molar-refractivity contribution in [2.75, 3.05) is 58.4 Å². The van der Waals surface area contributed by atoms with Crippen molar-refractivity contribution in [3.63, 3.8) is 0 Å². The molecule has 2 atom stereocenters. The van der Waals surface area contributed by atoms with E-state index in [4.69, 9.17) is 14.0 Å². The van der Waals surface area contributed by atoms with Gasteiger partial charge in [-0.05, 0) is 74.2 Å². The molecule has 2 saturated heterocycles. The number of rotatable bonds is 8. The number of piperidine rings is 1. The Balaban J connectivity index is 1.17. The van der Waals surface area contributed by atoms with Gasteiger partial charge in [-0.1, -0.05) is 17.3 Å². The van der Waals surface area contributed by atoms with Crippen LogP contribution in [0, 0.1) is 11.8 Å². The minimum atomic E-state index is 0.260. The lowest BCUT2D eigenvalue weighted by Crippen LogP contribution is -2.50. The quantitative estimate of drug-likeness (QED) is 0.499. The van der Waals surface area contributed by atoms with E-state index in [1.165, 1.54) is 0 Å². The Morgan fingerprint density at radius 1 is 1.03 bits per heavy atom. The standard InChI is InChI=1S/C29H36N4O4/c1-35-25-9-7-21(8-10-25)28-19-24(31-37-28)17-23-20-30-12-11-22(23)18-29(34)33-15-13-32(14-16-33)26-5-3-4-6-27(26)36-2/h3-10,19,22-23,30H,11-18,20H2,1-2H3/t22-,23-/m0/s1. The van der Waals surface area contributed by atoms with E-state index >= 15 is 0 Å². The average Bonchev–Trinajstić information content (AvgIpc) is 3.42. The third kappa shape index (κ3) is 5.91. The van der Waals surface area contributed by atoms with Crippen LogP contribution in [0.2, 0.25) is 0 Å². The first-order valence-electron chi connectivity index (χ1n) is 13.1. The molecule has 0 bridgehead atoms. The lowest BCUT2D eigenvalue weighted by molar-refractivity contribution is -0.133. The normalized spacial score (nSPS) is 20.1. The SMILES string of the molecule is COc1ccc(-c2cc(C[C@H]3CNCC[C@H]3CC(=O)N3CCN(c4ccccc4OC)CC3)no2)cc1. The van der Waals surface area contributed by atoms with E-state index in [0.29, 0.717) is 18.3 Å². The van der Waals surface area contributed by atoms with E-state index in [1.807, 2.05) is 53.4 Å². The van der Waals surface area contributed by atoms with Crippen molar-refractivity contribution < 1.29 is 18.8 Å². The second kappa shape index (κ2) is 11.7. The minimum Gasteiger partial charge on any atom is -0.497 e. The lowest BCUT2D eigenvalue weighted by atomic mass is 9.81. The number of hydrogen-bond acceptors (Lipinski definition) is 7. The number of anilines is 1. The number of piperazine rings is 1. The van der Waals surface area contributed by atoms with Gasteiger partial charge in [-0.25, -0.2) is 0 Å². The Bertz CT molecular complexity index is 1170. The van der Waals surface area contributed by atoms with Crippen LogP contribution in [0.1, 0.15) is 18.5 Å². The first-order chi connectivity index (χ1) is 18.1. The first-order valence-corrected chi connectivity index (χ1v) is 13.1. The number of methoxy groups -OCH3 is 2. The maximum Gasteiger partial charge on any atom is 0.222 e. The van der Waals surface area contributed by atoms with E-state index in [9.17, 15) is 4.79 Å². The van der Waals surface area contributed by atoms with Gasteiger partial charge < -0.3 is 29.1 Å². The zero-order valence-electron chi connectivity index (χ0n) is 21.7. The fourth-order valence-corrected chi connectivity index (χ4v) is 5.49.